The number of carbonyl (C=O) groups is 3. The average Bonchev–Trinajstić information content (AvgIpc) is 3.65. The Morgan fingerprint density at radius 2 is 1.49 bits per heavy atom. The van der Waals surface area contributed by atoms with Crippen LogP contribution < -0.4 is 25.4 Å². The molecule has 1 aromatic heterocycles. The van der Waals surface area contributed by atoms with Crippen molar-refractivity contribution in [2.75, 3.05) is 24.9 Å². The molecule has 0 aliphatic carbocycles. The number of methoxy groups -OCH3 is 2. The summed E-state index contributed by atoms with van der Waals surface area (Å²) in [5.74, 6) is -0.223. The third-order valence-electron chi connectivity index (χ3n) is 8.02. The topological polar surface area (TPSA) is 119 Å². The molecule has 3 amide bonds. The smallest absolute Gasteiger partial charge is 0.272 e. The van der Waals surface area contributed by atoms with Crippen molar-refractivity contribution in [3.8, 4) is 22.8 Å². The number of aromatic nitrogens is 1. The summed E-state index contributed by atoms with van der Waals surface area (Å²) in [7, 11) is 3.06. The molecule has 0 spiro atoms. The standard InChI is InChI=1S/C42H36N4O5S2/c1-27-17-20-29(21-18-27)35-26-52-42(45-35)46-41(49)38(30-11-6-4-7-12-30)53-33-16-10-15-32(25-33)43-40(48)34(44-39(47)31-13-8-5-9-14-31)23-28-19-22-36(50-2)37(24-28)51-3/h4-26,38H,1-3H3,(H,43,48)(H,44,47)(H,45,46,49)/b34-23+. The number of nitrogens with one attached hydrogen (secondary N) is 3. The quantitative estimate of drug-likeness (QED) is 0.0799. The van der Waals surface area contributed by atoms with Crippen LogP contribution in [0.4, 0.5) is 10.8 Å². The Balaban J connectivity index is 1.22. The molecule has 266 valence electrons. The number of nitrogens with zero attached hydrogens (tertiary/aromatic N) is 1. The molecule has 1 heterocycles. The number of anilines is 2. The van der Waals surface area contributed by atoms with Crippen molar-refractivity contribution in [2.45, 2.75) is 17.1 Å². The van der Waals surface area contributed by atoms with Crippen LogP contribution in [0.1, 0.15) is 32.3 Å². The van der Waals surface area contributed by atoms with Gasteiger partial charge in [0.1, 0.15) is 10.9 Å². The van der Waals surface area contributed by atoms with Crippen LogP contribution in [0.15, 0.2) is 143 Å². The van der Waals surface area contributed by atoms with Gasteiger partial charge in [-0.15, -0.1) is 23.1 Å². The minimum absolute atomic E-state index is 0.0131. The Bertz CT molecular complexity index is 2240. The van der Waals surface area contributed by atoms with Crippen molar-refractivity contribution in [1.82, 2.24) is 10.3 Å². The maximum atomic E-state index is 13.8. The number of hydrogen-bond acceptors (Lipinski definition) is 8. The van der Waals surface area contributed by atoms with E-state index >= 15 is 0 Å². The minimum Gasteiger partial charge on any atom is -0.493 e. The van der Waals surface area contributed by atoms with E-state index in [9.17, 15) is 14.4 Å². The van der Waals surface area contributed by atoms with E-state index < -0.39 is 17.1 Å². The lowest BCUT2D eigenvalue weighted by molar-refractivity contribution is -0.116. The molecule has 6 rings (SSSR count). The Labute approximate surface area is 316 Å². The zero-order valence-corrected chi connectivity index (χ0v) is 30.8. The van der Waals surface area contributed by atoms with Crippen LogP contribution in [0.3, 0.4) is 0 Å². The fourth-order valence-corrected chi connectivity index (χ4v) is 7.10. The van der Waals surface area contributed by atoms with E-state index in [1.54, 1.807) is 66.7 Å². The summed E-state index contributed by atoms with van der Waals surface area (Å²) in [5, 5.41) is 10.5. The van der Waals surface area contributed by atoms with Crippen LogP contribution in [-0.2, 0) is 9.59 Å². The molecule has 3 N–H and O–H groups in total. The van der Waals surface area contributed by atoms with E-state index in [2.05, 4.69) is 20.9 Å². The van der Waals surface area contributed by atoms with E-state index in [1.165, 1.54) is 37.3 Å². The highest BCUT2D eigenvalue weighted by Gasteiger charge is 2.24. The van der Waals surface area contributed by atoms with Crippen molar-refractivity contribution >= 4 is 57.7 Å². The van der Waals surface area contributed by atoms with Crippen LogP contribution in [0.5, 0.6) is 11.5 Å². The van der Waals surface area contributed by atoms with Crippen LogP contribution in [0.25, 0.3) is 17.3 Å². The van der Waals surface area contributed by atoms with Crippen molar-refractivity contribution < 1.29 is 23.9 Å². The third kappa shape index (κ3) is 9.59. The highest BCUT2D eigenvalue weighted by molar-refractivity contribution is 8.00. The number of thiazole rings is 1. The van der Waals surface area contributed by atoms with E-state index in [0.717, 1.165) is 27.3 Å². The van der Waals surface area contributed by atoms with E-state index in [1.807, 2.05) is 79.0 Å². The second-order valence-corrected chi connectivity index (χ2v) is 13.8. The average molecular weight is 741 g/mol. The Hall–Kier alpha value is -6.17. The van der Waals surface area contributed by atoms with Gasteiger partial charge in [0, 0.05) is 27.1 Å². The monoisotopic (exact) mass is 740 g/mol. The molecule has 0 saturated carbocycles. The van der Waals surface area contributed by atoms with E-state index in [0.29, 0.717) is 33.4 Å². The van der Waals surface area contributed by atoms with Gasteiger partial charge in [-0.2, -0.15) is 0 Å². The number of benzene rings is 5. The van der Waals surface area contributed by atoms with Gasteiger partial charge in [0.15, 0.2) is 16.6 Å². The lowest BCUT2D eigenvalue weighted by atomic mass is 10.1. The molecule has 53 heavy (non-hydrogen) atoms. The predicted molar refractivity (Wildman–Crippen MR) is 212 cm³/mol. The first kappa shape index (κ1) is 36.6. The Kier molecular flexibility index (Phi) is 12.0. The zero-order valence-electron chi connectivity index (χ0n) is 29.2. The number of ether oxygens (including phenoxy) is 2. The SMILES string of the molecule is COc1ccc(/C=C(/NC(=O)c2ccccc2)C(=O)Nc2cccc(SC(C(=O)Nc3nc(-c4ccc(C)cc4)cs3)c3ccccc3)c2)cc1OC. The summed E-state index contributed by atoms with van der Waals surface area (Å²) in [5.41, 5.74) is 5.22. The molecule has 11 heteroatoms. The van der Waals surface area contributed by atoms with Gasteiger partial charge in [-0.05, 0) is 66.6 Å². The molecule has 0 saturated heterocycles. The van der Waals surface area contributed by atoms with Crippen LogP contribution >= 0.6 is 23.1 Å². The summed E-state index contributed by atoms with van der Waals surface area (Å²) in [4.78, 5) is 46.3. The highest BCUT2D eigenvalue weighted by Crippen LogP contribution is 2.38. The Morgan fingerprint density at radius 1 is 0.774 bits per heavy atom. The molecule has 0 bridgehead atoms. The first-order chi connectivity index (χ1) is 25.8. The second-order valence-electron chi connectivity index (χ2n) is 11.8. The zero-order chi connectivity index (χ0) is 37.2. The summed E-state index contributed by atoms with van der Waals surface area (Å²) in [6, 6.07) is 38.6. The first-order valence-corrected chi connectivity index (χ1v) is 18.3. The van der Waals surface area contributed by atoms with Crippen molar-refractivity contribution in [2.24, 2.45) is 0 Å². The normalized spacial score (nSPS) is 11.6. The molecule has 0 fully saturated rings. The van der Waals surface area contributed by atoms with Crippen LogP contribution in [0, 0.1) is 6.92 Å². The van der Waals surface area contributed by atoms with Gasteiger partial charge in [0.05, 0.1) is 19.9 Å². The van der Waals surface area contributed by atoms with Gasteiger partial charge in [0.2, 0.25) is 5.91 Å². The number of thioether (sulfide) groups is 1. The van der Waals surface area contributed by atoms with Gasteiger partial charge in [-0.3, -0.25) is 14.4 Å². The van der Waals surface area contributed by atoms with Gasteiger partial charge >= 0.3 is 0 Å². The molecule has 1 unspecified atom stereocenters. The molecular formula is C42H36N4O5S2. The molecule has 0 aliphatic heterocycles. The highest BCUT2D eigenvalue weighted by atomic mass is 32.2. The number of aryl methyl sites for hydroxylation is 1. The van der Waals surface area contributed by atoms with E-state index in [-0.39, 0.29) is 11.6 Å². The summed E-state index contributed by atoms with van der Waals surface area (Å²) in [6.07, 6.45) is 1.56. The minimum atomic E-state index is -0.625. The molecule has 0 aliphatic rings. The molecule has 5 aromatic carbocycles. The summed E-state index contributed by atoms with van der Waals surface area (Å²) >= 11 is 2.71. The molecule has 0 radical (unpaired) electrons. The molecule has 1 atom stereocenters. The lowest BCUT2D eigenvalue weighted by Gasteiger charge is -2.17. The first-order valence-electron chi connectivity index (χ1n) is 16.6. The molecule has 6 aromatic rings. The van der Waals surface area contributed by atoms with Crippen LogP contribution in [-0.4, -0.2) is 36.9 Å². The maximum Gasteiger partial charge on any atom is 0.272 e. The van der Waals surface area contributed by atoms with Crippen molar-refractivity contribution in [3.63, 3.8) is 0 Å². The predicted octanol–water partition coefficient (Wildman–Crippen LogP) is 9.02. The summed E-state index contributed by atoms with van der Waals surface area (Å²) in [6.45, 7) is 2.03. The van der Waals surface area contributed by atoms with Gasteiger partial charge < -0.3 is 25.4 Å². The number of rotatable bonds is 13. The number of carbonyl (C=O) groups excluding carboxylic acids is 3. The fraction of sp³-hybridized carbons (Fsp3) is 0.0952. The third-order valence-corrected chi connectivity index (χ3v) is 10.0. The second kappa shape index (κ2) is 17.4. The summed E-state index contributed by atoms with van der Waals surface area (Å²) < 4.78 is 10.8. The maximum absolute atomic E-state index is 13.8. The fourth-order valence-electron chi connectivity index (χ4n) is 5.29. The van der Waals surface area contributed by atoms with Crippen LogP contribution in [0.2, 0.25) is 0 Å². The number of hydrogen-bond donors (Lipinski definition) is 3. The van der Waals surface area contributed by atoms with E-state index in [4.69, 9.17) is 9.47 Å². The van der Waals surface area contributed by atoms with Gasteiger partial charge in [-0.25, -0.2) is 4.98 Å². The van der Waals surface area contributed by atoms with Crippen molar-refractivity contribution in [1.29, 1.82) is 0 Å². The van der Waals surface area contributed by atoms with Crippen molar-refractivity contribution in [3.05, 3.63) is 161 Å². The molecular weight excluding hydrogens is 705 g/mol. The van der Waals surface area contributed by atoms with Gasteiger partial charge in [-0.1, -0.05) is 90.5 Å². The number of amides is 3. The Morgan fingerprint density at radius 3 is 2.21 bits per heavy atom. The van der Waals surface area contributed by atoms with Gasteiger partial charge in [0.25, 0.3) is 11.8 Å². The lowest BCUT2D eigenvalue weighted by Crippen LogP contribution is -2.30. The molecule has 9 nitrogen and oxygen atoms in total. The largest absolute Gasteiger partial charge is 0.493 e.